The maximum absolute atomic E-state index is 10.6. The molecular formula is C8H16N2O. The van der Waals surface area contributed by atoms with E-state index in [4.69, 9.17) is 5.73 Å². The Balaban J connectivity index is 3.81. The highest BCUT2D eigenvalue weighted by Crippen LogP contribution is 1.97. The largest absolute Gasteiger partial charge is 0.384 e. The van der Waals surface area contributed by atoms with Crippen LogP contribution in [0, 0.1) is 0 Å². The van der Waals surface area contributed by atoms with Gasteiger partial charge in [-0.3, -0.25) is 4.79 Å². The Morgan fingerprint density at radius 2 is 2.27 bits per heavy atom. The summed E-state index contributed by atoms with van der Waals surface area (Å²) in [5, 5.41) is 2.75. The van der Waals surface area contributed by atoms with Gasteiger partial charge in [-0.15, -0.1) is 0 Å². The van der Waals surface area contributed by atoms with E-state index in [9.17, 15) is 4.79 Å². The first-order valence-corrected chi connectivity index (χ1v) is 3.90. The molecule has 0 aromatic rings. The zero-order valence-electron chi connectivity index (χ0n) is 7.18. The van der Waals surface area contributed by atoms with Gasteiger partial charge in [0.1, 0.15) is 0 Å². The molecule has 0 atom stereocenters. The van der Waals surface area contributed by atoms with Crippen molar-refractivity contribution >= 4 is 5.91 Å². The van der Waals surface area contributed by atoms with Crippen molar-refractivity contribution in [3.05, 3.63) is 11.8 Å². The molecule has 3 N–H and O–H groups in total. The maximum atomic E-state index is 10.6. The molecule has 11 heavy (non-hydrogen) atoms. The Hall–Kier alpha value is -0.990. The number of hydrogen-bond acceptors (Lipinski definition) is 2. The summed E-state index contributed by atoms with van der Waals surface area (Å²) in [4.78, 5) is 10.6. The molecule has 0 aromatic heterocycles. The Morgan fingerprint density at radius 1 is 1.64 bits per heavy atom. The lowest BCUT2D eigenvalue weighted by atomic mass is 10.2. The third-order valence-electron chi connectivity index (χ3n) is 1.44. The third kappa shape index (κ3) is 4.42. The van der Waals surface area contributed by atoms with Gasteiger partial charge in [0.2, 0.25) is 0 Å². The van der Waals surface area contributed by atoms with Crippen LogP contribution < -0.4 is 11.1 Å². The van der Waals surface area contributed by atoms with E-state index in [0.717, 1.165) is 19.3 Å². The fourth-order valence-corrected chi connectivity index (χ4v) is 0.776. The van der Waals surface area contributed by atoms with Gasteiger partial charge in [-0.1, -0.05) is 19.4 Å². The quantitative estimate of drug-likeness (QED) is 0.456. The van der Waals surface area contributed by atoms with E-state index in [1.54, 1.807) is 7.05 Å². The van der Waals surface area contributed by atoms with E-state index in [-0.39, 0.29) is 5.91 Å². The number of likely N-dealkylation sites (N-methyl/N-ethyl adjacent to an activating group) is 1. The number of hydrogen-bond donors (Lipinski definition) is 2. The number of carbonyl (C=O) groups excluding carboxylic acids is 1. The van der Waals surface area contributed by atoms with Gasteiger partial charge in [-0.25, -0.2) is 0 Å². The Bertz CT molecular complexity index is 152. The molecular weight excluding hydrogens is 140 g/mol. The van der Waals surface area contributed by atoms with Crippen LogP contribution in [-0.2, 0) is 4.79 Å². The van der Waals surface area contributed by atoms with Crippen LogP contribution in [0.4, 0.5) is 0 Å². The molecule has 0 rings (SSSR count). The second-order valence-corrected chi connectivity index (χ2v) is 2.37. The molecule has 0 heterocycles. The summed E-state index contributed by atoms with van der Waals surface area (Å²) < 4.78 is 0. The molecule has 1 amide bonds. The van der Waals surface area contributed by atoms with Crippen molar-refractivity contribution in [1.29, 1.82) is 0 Å². The predicted octanol–water partition coefficient (Wildman–Crippen LogP) is 0.765. The average Bonchev–Trinajstić information content (AvgIpc) is 1.97. The van der Waals surface area contributed by atoms with Crippen molar-refractivity contribution in [1.82, 2.24) is 5.32 Å². The first kappa shape index (κ1) is 10.0. The number of primary amides is 1. The number of allylic oxidation sites excluding steroid dienone is 1. The lowest BCUT2D eigenvalue weighted by Gasteiger charge is -2.00. The Kier molecular flexibility index (Phi) is 5.25. The minimum Gasteiger partial charge on any atom is -0.384 e. The third-order valence-corrected chi connectivity index (χ3v) is 1.44. The summed E-state index contributed by atoms with van der Waals surface area (Å²) >= 11 is 0. The second-order valence-electron chi connectivity index (χ2n) is 2.37. The molecule has 0 aliphatic heterocycles. The van der Waals surface area contributed by atoms with E-state index < -0.39 is 0 Å². The van der Waals surface area contributed by atoms with Crippen LogP contribution in [0.2, 0.25) is 0 Å². The van der Waals surface area contributed by atoms with Crippen LogP contribution in [0.3, 0.4) is 0 Å². The number of nitrogens with one attached hydrogen (secondary N) is 1. The molecule has 64 valence electrons. The van der Waals surface area contributed by atoms with Gasteiger partial charge in [0, 0.05) is 7.05 Å². The maximum Gasteiger partial charge on any atom is 0.264 e. The minimum absolute atomic E-state index is 0.386. The molecule has 3 heteroatoms. The molecule has 0 bridgehead atoms. The standard InChI is InChI=1S/C8H16N2O/c1-3-4-5-6-7(10-2)8(9)11/h6,10H,3-5H2,1-2H3,(H2,9,11). The van der Waals surface area contributed by atoms with Crippen molar-refractivity contribution in [2.24, 2.45) is 5.73 Å². The zero-order valence-corrected chi connectivity index (χ0v) is 7.18. The summed E-state index contributed by atoms with van der Waals surface area (Å²) in [5.41, 5.74) is 5.57. The molecule has 0 radical (unpaired) electrons. The number of nitrogens with two attached hydrogens (primary N) is 1. The molecule has 0 fully saturated rings. The second kappa shape index (κ2) is 5.77. The van der Waals surface area contributed by atoms with Crippen molar-refractivity contribution in [3.63, 3.8) is 0 Å². The van der Waals surface area contributed by atoms with Crippen molar-refractivity contribution in [2.45, 2.75) is 26.2 Å². The molecule has 0 aliphatic rings. The summed E-state index contributed by atoms with van der Waals surface area (Å²) in [7, 11) is 1.70. The van der Waals surface area contributed by atoms with Crippen molar-refractivity contribution in [2.75, 3.05) is 7.05 Å². The molecule has 0 unspecified atom stereocenters. The molecule has 0 saturated heterocycles. The van der Waals surface area contributed by atoms with Gasteiger partial charge in [-0.2, -0.15) is 0 Å². The van der Waals surface area contributed by atoms with E-state index in [1.165, 1.54) is 0 Å². The van der Waals surface area contributed by atoms with E-state index in [0.29, 0.717) is 5.70 Å². The number of carbonyl (C=O) groups is 1. The van der Waals surface area contributed by atoms with Crippen molar-refractivity contribution in [3.8, 4) is 0 Å². The highest BCUT2D eigenvalue weighted by atomic mass is 16.1. The molecule has 0 aromatic carbocycles. The lowest BCUT2D eigenvalue weighted by molar-refractivity contribution is -0.114. The first-order chi connectivity index (χ1) is 5.22. The topological polar surface area (TPSA) is 55.1 Å². The van der Waals surface area contributed by atoms with Gasteiger partial charge in [-0.05, 0) is 12.8 Å². The SMILES string of the molecule is CCCCC=C(NC)C(N)=O. The molecule has 3 nitrogen and oxygen atoms in total. The highest BCUT2D eigenvalue weighted by Gasteiger charge is 1.98. The lowest BCUT2D eigenvalue weighted by Crippen LogP contribution is -2.23. The van der Waals surface area contributed by atoms with Gasteiger partial charge in [0.25, 0.3) is 5.91 Å². The van der Waals surface area contributed by atoms with E-state index >= 15 is 0 Å². The highest BCUT2D eigenvalue weighted by molar-refractivity contribution is 5.91. The number of amides is 1. The monoisotopic (exact) mass is 156 g/mol. The molecule has 0 saturated carbocycles. The number of unbranched alkanes of at least 4 members (excludes halogenated alkanes) is 2. The predicted molar refractivity (Wildman–Crippen MR) is 45.9 cm³/mol. The average molecular weight is 156 g/mol. The van der Waals surface area contributed by atoms with E-state index in [2.05, 4.69) is 12.2 Å². The first-order valence-electron chi connectivity index (χ1n) is 3.90. The fourth-order valence-electron chi connectivity index (χ4n) is 0.776. The van der Waals surface area contributed by atoms with Gasteiger partial charge >= 0.3 is 0 Å². The number of rotatable bonds is 5. The van der Waals surface area contributed by atoms with Gasteiger partial charge < -0.3 is 11.1 Å². The van der Waals surface area contributed by atoms with Crippen LogP contribution in [0.5, 0.6) is 0 Å². The zero-order chi connectivity index (χ0) is 8.69. The normalized spacial score (nSPS) is 11.3. The van der Waals surface area contributed by atoms with Crippen LogP contribution in [0.25, 0.3) is 0 Å². The van der Waals surface area contributed by atoms with Crippen LogP contribution >= 0.6 is 0 Å². The molecule has 0 spiro atoms. The van der Waals surface area contributed by atoms with Gasteiger partial charge in [0.15, 0.2) is 0 Å². The van der Waals surface area contributed by atoms with Crippen molar-refractivity contribution < 1.29 is 4.79 Å². The summed E-state index contributed by atoms with van der Waals surface area (Å²) in [6, 6.07) is 0. The molecule has 0 aliphatic carbocycles. The smallest absolute Gasteiger partial charge is 0.264 e. The van der Waals surface area contributed by atoms with Gasteiger partial charge in [0.05, 0.1) is 5.70 Å². The summed E-state index contributed by atoms with van der Waals surface area (Å²) in [6.07, 6.45) is 4.98. The summed E-state index contributed by atoms with van der Waals surface area (Å²) in [5.74, 6) is -0.386. The van der Waals surface area contributed by atoms with Crippen LogP contribution in [0.15, 0.2) is 11.8 Å². The van der Waals surface area contributed by atoms with Crippen LogP contribution in [-0.4, -0.2) is 13.0 Å². The Morgan fingerprint density at radius 3 is 2.64 bits per heavy atom. The van der Waals surface area contributed by atoms with E-state index in [1.807, 2.05) is 6.08 Å². The Labute approximate surface area is 67.7 Å². The fraction of sp³-hybridized carbons (Fsp3) is 0.625. The van der Waals surface area contributed by atoms with Crippen LogP contribution in [0.1, 0.15) is 26.2 Å². The minimum atomic E-state index is -0.386. The summed E-state index contributed by atoms with van der Waals surface area (Å²) in [6.45, 7) is 2.11.